The normalized spacial score (nSPS) is 18.4. The molecule has 1 N–H and O–H groups in total. The molecule has 1 aromatic carbocycles. The third-order valence-corrected chi connectivity index (χ3v) is 4.27. The summed E-state index contributed by atoms with van der Waals surface area (Å²) in [7, 11) is 2.10. The molecule has 1 atom stereocenters. The van der Waals surface area contributed by atoms with E-state index in [1.807, 2.05) is 0 Å². The van der Waals surface area contributed by atoms with Gasteiger partial charge in [0.25, 0.3) is 0 Å². The van der Waals surface area contributed by atoms with E-state index in [-0.39, 0.29) is 0 Å². The van der Waals surface area contributed by atoms with Gasteiger partial charge in [-0.25, -0.2) is 0 Å². The maximum Gasteiger partial charge on any atom is 0.0468 e. The number of hydrogen-bond acceptors (Lipinski definition) is 2. The first-order valence-electron chi connectivity index (χ1n) is 7.58. The Hall–Kier alpha value is -0.860. The van der Waals surface area contributed by atoms with Crippen molar-refractivity contribution in [1.29, 1.82) is 0 Å². The summed E-state index contributed by atoms with van der Waals surface area (Å²) in [5.41, 5.74) is 2.80. The van der Waals surface area contributed by atoms with Crippen LogP contribution in [0.15, 0.2) is 24.3 Å². The van der Waals surface area contributed by atoms with Crippen LogP contribution >= 0.6 is 0 Å². The zero-order valence-electron chi connectivity index (χ0n) is 12.3. The maximum absolute atomic E-state index is 5.43. The zero-order chi connectivity index (χ0) is 13.5. The van der Waals surface area contributed by atoms with Crippen LogP contribution < -0.4 is 5.32 Å². The molecule has 2 nitrogen and oxygen atoms in total. The summed E-state index contributed by atoms with van der Waals surface area (Å²) in [4.78, 5) is 0. The lowest BCUT2D eigenvalue weighted by molar-refractivity contribution is 0.0605. The fraction of sp³-hybridized carbons (Fsp3) is 0.647. The minimum Gasteiger partial charge on any atom is -0.381 e. The highest BCUT2D eigenvalue weighted by atomic mass is 16.5. The minimum atomic E-state index is 0.643. The van der Waals surface area contributed by atoms with Gasteiger partial charge >= 0.3 is 0 Å². The third-order valence-electron chi connectivity index (χ3n) is 4.27. The average molecular weight is 261 g/mol. The largest absolute Gasteiger partial charge is 0.381 e. The first-order valence-corrected chi connectivity index (χ1v) is 7.58. The van der Waals surface area contributed by atoms with Gasteiger partial charge in [0, 0.05) is 19.3 Å². The molecule has 0 bridgehead atoms. The van der Waals surface area contributed by atoms with E-state index in [2.05, 4.69) is 43.6 Å². The van der Waals surface area contributed by atoms with Gasteiger partial charge in [0.15, 0.2) is 0 Å². The molecule has 0 spiro atoms. The van der Waals surface area contributed by atoms with Crippen LogP contribution in [-0.2, 0) is 11.2 Å². The molecule has 106 valence electrons. The van der Waals surface area contributed by atoms with Gasteiger partial charge in [-0.3, -0.25) is 0 Å². The van der Waals surface area contributed by atoms with Crippen LogP contribution in [0.3, 0.4) is 0 Å². The van der Waals surface area contributed by atoms with Crippen LogP contribution in [0.1, 0.15) is 36.8 Å². The molecule has 0 aliphatic carbocycles. The summed E-state index contributed by atoms with van der Waals surface area (Å²) in [5, 5.41) is 3.49. The highest BCUT2D eigenvalue weighted by Crippen LogP contribution is 2.22. The Morgan fingerprint density at radius 1 is 1.21 bits per heavy atom. The third kappa shape index (κ3) is 4.96. The molecule has 1 aliphatic rings. The lowest BCUT2D eigenvalue weighted by atomic mass is 9.90. The monoisotopic (exact) mass is 261 g/mol. The van der Waals surface area contributed by atoms with Crippen molar-refractivity contribution in [2.24, 2.45) is 5.92 Å². The molecule has 1 unspecified atom stereocenters. The molecule has 1 heterocycles. The summed E-state index contributed by atoms with van der Waals surface area (Å²) in [6.07, 6.45) is 6.18. The van der Waals surface area contributed by atoms with Crippen molar-refractivity contribution in [3.05, 3.63) is 35.4 Å². The van der Waals surface area contributed by atoms with Crippen LogP contribution in [0.25, 0.3) is 0 Å². The first-order chi connectivity index (χ1) is 9.28. The Kier molecular flexibility index (Phi) is 5.87. The van der Waals surface area contributed by atoms with Crippen molar-refractivity contribution in [1.82, 2.24) is 5.32 Å². The van der Waals surface area contributed by atoms with E-state index in [0.29, 0.717) is 6.04 Å². The van der Waals surface area contributed by atoms with E-state index in [9.17, 15) is 0 Å². The second-order valence-corrected chi connectivity index (χ2v) is 5.80. The number of aryl methyl sites for hydroxylation is 2. The van der Waals surface area contributed by atoms with Crippen molar-refractivity contribution in [3.8, 4) is 0 Å². The first kappa shape index (κ1) is 14.5. The minimum absolute atomic E-state index is 0.643. The van der Waals surface area contributed by atoms with E-state index in [0.717, 1.165) is 19.1 Å². The fourth-order valence-corrected chi connectivity index (χ4v) is 2.86. The van der Waals surface area contributed by atoms with Gasteiger partial charge in [-0.1, -0.05) is 29.8 Å². The molecule has 1 aromatic rings. The molecular formula is C17H27NO. The van der Waals surface area contributed by atoms with E-state index in [4.69, 9.17) is 4.74 Å². The predicted octanol–water partition coefficient (Wildman–Crippen LogP) is 3.33. The highest BCUT2D eigenvalue weighted by Gasteiger charge is 2.18. The average Bonchev–Trinajstić information content (AvgIpc) is 2.46. The molecule has 1 fully saturated rings. The van der Waals surface area contributed by atoms with E-state index in [1.54, 1.807) is 0 Å². The van der Waals surface area contributed by atoms with Crippen molar-refractivity contribution in [3.63, 3.8) is 0 Å². The standard InChI is InChI=1S/C17H27NO/c1-14-3-5-15(6-4-14)7-8-17(18-2)13-16-9-11-19-12-10-16/h3-6,16-18H,7-13H2,1-2H3. The van der Waals surface area contributed by atoms with Gasteiger partial charge in [-0.2, -0.15) is 0 Å². The van der Waals surface area contributed by atoms with E-state index in [1.165, 1.54) is 43.2 Å². The summed E-state index contributed by atoms with van der Waals surface area (Å²) >= 11 is 0. The second kappa shape index (κ2) is 7.66. The smallest absolute Gasteiger partial charge is 0.0468 e. The van der Waals surface area contributed by atoms with Crippen molar-refractivity contribution in [2.75, 3.05) is 20.3 Å². The topological polar surface area (TPSA) is 21.3 Å². The Balaban J connectivity index is 1.76. The Bertz CT molecular complexity index is 354. The van der Waals surface area contributed by atoms with Crippen LogP contribution in [0.2, 0.25) is 0 Å². The number of nitrogens with one attached hydrogen (secondary N) is 1. The number of hydrogen-bond donors (Lipinski definition) is 1. The van der Waals surface area contributed by atoms with E-state index < -0.39 is 0 Å². The van der Waals surface area contributed by atoms with Gasteiger partial charge in [0.05, 0.1) is 0 Å². The number of benzene rings is 1. The van der Waals surface area contributed by atoms with Crippen LogP contribution in [0.5, 0.6) is 0 Å². The Morgan fingerprint density at radius 3 is 2.53 bits per heavy atom. The lowest BCUT2D eigenvalue weighted by Crippen LogP contribution is -2.30. The molecular weight excluding hydrogens is 234 g/mol. The second-order valence-electron chi connectivity index (χ2n) is 5.80. The highest BCUT2D eigenvalue weighted by molar-refractivity contribution is 5.21. The van der Waals surface area contributed by atoms with Gasteiger partial charge in [-0.15, -0.1) is 0 Å². The Morgan fingerprint density at radius 2 is 1.89 bits per heavy atom. The molecule has 1 aliphatic heterocycles. The lowest BCUT2D eigenvalue weighted by Gasteiger charge is -2.26. The van der Waals surface area contributed by atoms with Crippen LogP contribution in [-0.4, -0.2) is 26.3 Å². The molecule has 2 rings (SSSR count). The summed E-state index contributed by atoms with van der Waals surface area (Å²) in [6.45, 7) is 4.06. The SMILES string of the molecule is CNC(CCc1ccc(C)cc1)CC1CCOCC1. The van der Waals surface area contributed by atoms with Gasteiger partial charge in [0.1, 0.15) is 0 Å². The van der Waals surface area contributed by atoms with Crippen molar-refractivity contribution < 1.29 is 4.74 Å². The molecule has 0 amide bonds. The van der Waals surface area contributed by atoms with Crippen LogP contribution in [0, 0.1) is 12.8 Å². The van der Waals surface area contributed by atoms with Gasteiger partial charge in [0.2, 0.25) is 0 Å². The van der Waals surface area contributed by atoms with E-state index >= 15 is 0 Å². The molecule has 2 heteroatoms. The molecule has 0 radical (unpaired) electrons. The van der Waals surface area contributed by atoms with Crippen molar-refractivity contribution >= 4 is 0 Å². The summed E-state index contributed by atoms with van der Waals surface area (Å²) in [5.74, 6) is 0.851. The number of ether oxygens (including phenoxy) is 1. The summed E-state index contributed by atoms with van der Waals surface area (Å²) < 4.78 is 5.43. The summed E-state index contributed by atoms with van der Waals surface area (Å²) in [6, 6.07) is 9.58. The fourth-order valence-electron chi connectivity index (χ4n) is 2.86. The van der Waals surface area contributed by atoms with Gasteiger partial charge in [-0.05, 0) is 57.6 Å². The Labute approximate surface area is 117 Å². The van der Waals surface area contributed by atoms with Gasteiger partial charge < -0.3 is 10.1 Å². The predicted molar refractivity (Wildman–Crippen MR) is 80.5 cm³/mol. The molecule has 0 aromatic heterocycles. The molecule has 1 saturated heterocycles. The number of rotatable bonds is 6. The molecule has 19 heavy (non-hydrogen) atoms. The quantitative estimate of drug-likeness (QED) is 0.848. The van der Waals surface area contributed by atoms with Crippen LogP contribution in [0.4, 0.5) is 0 Å². The zero-order valence-corrected chi connectivity index (χ0v) is 12.3. The van der Waals surface area contributed by atoms with Crippen molar-refractivity contribution in [2.45, 2.75) is 45.1 Å². The maximum atomic E-state index is 5.43. The molecule has 0 saturated carbocycles.